The highest BCUT2D eigenvalue weighted by Crippen LogP contribution is 2.25. The summed E-state index contributed by atoms with van der Waals surface area (Å²) in [4.78, 5) is 48.4. The summed E-state index contributed by atoms with van der Waals surface area (Å²) in [5.74, 6) is -2.22. The second kappa shape index (κ2) is 8.15. The van der Waals surface area contributed by atoms with Gasteiger partial charge in [-0.15, -0.1) is 0 Å². The van der Waals surface area contributed by atoms with E-state index in [2.05, 4.69) is 10.6 Å². The number of carboxylic acid groups (broad SMARTS) is 1. The second-order valence-electron chi connectivity index (χ2n) is 6.92. The quantitative estimate of drug-likeness (QED) is 0.419. The lowest BCUT2D eigenvalue weighted by atomic mass is 10.1. The van der Waals surface area contributed by atoms with Crippen LogP contribution in [0.25, 0.3) is 17.0 Å². The van der Waals surface area contributed by atoms with Gasteiger partial charge in [0.1, 0.15) is 18.8 Å². The fourth-order valence-electron chi connectivity index (χ4n) is 3.40. The molecule has 0 aliphatic carbocycles. The van der Waals surface area contributed by atoms with Crippen molar-refractivity contribution in [1.82, 2.24) is 14.8 Å². The molecule has 4 rings (SSSR count). The maximum atomic E-state index is 12.5. The van der Waals surface area contributed by atoms with E-state index in [1.807, 2.05) is 42.5 Å². The van der Waals surface area contributed by atoms with Gasteiger partial charge in [-0.25, -0.2) is 9.69 Å². The Labute approximate surface area is 176 Å². The molecular weight excluding hydrogens is 400 g/mol. The molecule has 1 aliphatic rings. The molecule has 0 atom stereocenters. The van der Waals surface area contributed by atoms with E-state index in [-0.39, 0.29) is 18.1 Å². The number of aliphatic carboxylic acids is 1. The van der Waals surface area contributed by atoms with Crippen molar-refractivity contribution < 1.29 is 24.3 Å². The van der Waals surface area contributed by atoms with Gasteiger partial charge in [0.2, 0.25) is 5.91 Å². The van der Waals surface area contributed by atoms with Crippen LogP contribution in [-0.2, 0) is 20.9 Å². The minimum absolute atomic E-state index is 0.0251. The summed E-state index contributed by atoms with van der Waals surface area (Å²) < 4.78 is 1.75. The number of benzene rings is 2. The number of urea groups is 1. The third-order valence-corrected chi connectivity index (χ3v) is 4.75. The Bertz CT molecular complexity index is 1230. The van der Waals surface area contributed by atoms with Crippen molar-refractivity contribution >= 4 is 46.5 Å². The SMILES string of the molecule is O=C(O)CN1C(=O)N/C(=C/c2cn(CC(=O)Nc3ccccc3)c3ccccc23)C1=O. The van der Waals surface area contributed by atoms with E-state index in [0.717, 1.165) is 10.9 Å². The minimum Gasteiger partial charge on any atom is -0.480 e. The van der Waals surface area contributed by atoms with Crippen LogP contribution in [0.15, 0.2) is 66.5 Å². The van der Waals surface area contributed by atoms with Gasteiger partial charge < -0.3 is 20.3 Å². The standard InChI is InChI=1S/C22H18N4O5/c27-19(23-15-6-2-1-3-7-15)12-25-11-14(16-8-4-5-9-18(16)25)10-17-21(30)26(13-20(28)29)22(31)24-17/h1-11H,12-13H2,(H,23,27)(H,24,31)(H,28,29)/b17-10+. The van der Waals surface area contributed by atoms with Gasteiger partial charge in [-0.2, -0.15) is 0 Å². The lowest BCUT2D eigenvalue weighted by Gasteiger charge is -2.07. The third kappa shape index (κ3) is 4.15. The van der Waals surface area contributed by atoms with Crippen molar-refractivity contribution in [2.45, 2.75) is 6.54 Å². The van der Waals surface area contributed by atoms with E-state index < -0.39 is 24.5 Å². The molecule has 156 valence electrons. The maximum Gasteiger partial charge on any atom is 0.329 e. The Morgan fingerprint density at radius 1 is 1.00 bits per heavy atom. The fraction of sp³-hybridized carbons (Fsp3) is 0.0909. The molecule has 3 aromatic rings. The first-order chi connectivity index (χ1) is 14.9. The molecule has 0 saturated carbocycles. The van der Waals surface area contributed by atoms with Crippen molar-refractivity contribution in [3.63, 3.8) is 0 Å². The number of fused-ring (bicyclic) bond motifs is 1. The summed E-state index contributed by atoms with van der Waals surface area (Å²) in [5.41, 5.74) is 2.05. The molecule has 3 N–H and O–H groups in total. The molecule has 1 saturated heterocycles. The molecule has 1 aliphatic heterocycles. The smallest absolute Gasteiger partial charge is 0.329 e. The summed E-state index contributed by atoms with van der Waals surface area (Å²) in [6.07, 6.45) is 3.19. The molecule has 2 aromatic carbocycles. The number of carbonyl (C=O) groups excluding carboxylic acids is 3. The number of carbonyl (C=O) groups is 4. The number of para-hydroxylation sites is 2. The lowest BCUT2D eigenvalue weighted by Crippen LogP contribution is -2.35. The molecule has 1 fully saturated rings. The summed E-state index contributed by atoms with van der Waals surface area (Å²) in [6, 6.07) is 15.6. The molecule has 9 nitrogen and oxygen atoms in total. The normalized spacial score (nSPS) is 14.8. The van der Waals surface area contributed by atoms with Gasteiger partial charge in [-0.05, 0) is 24.3 Å². The van der Waals surface area contributed by atoms with Crippen LogP contribution in [0.5, 0.6) is 0 Å². The Kier molecular flexibility index (Phi) is 5.23. The second-order valence-corrected chi connectivity index (χ2v) is 6.92. The highest BCUT2D eigenvalue weighted by atomic mass is 16.4. The first-order valence-electron chi connectivity index (χ1n) is 9.41. The average molecular weight is 418 g/mol. The van der Waals surface area contributed by atoms with E-state index in [9.17, 15) is 19.2 Å². The van der Waals surface area contributed by atoms with E-state index in [0.29, 0.717) is 16.2 Å². The topological polar surface area (TPSA) is 121 Å². The molecule has 4 amide bonds. The number of amides is 4. The number of nitrogens with zero attached hydrogens (tertiary/aromatic N) is 2. The zero-order valence-corrected chi connectivity index (χ0v) is 16.2. The van der Waals surface area contributed by atoms with Crippen LogP contribution in [0, 0.1) is 0 Å². The van der Waals surface area contributed by atoms with E-state index in [4.69, 9.17) is 5.11 Å². The number of hydrogen-bond donors (Lipinski definition) is 3. The van der Waals surface area contributed by atoms with Gasteiger partial charge in [0.05, 0.1) is 0 Å². The van der Waals surface area contributed by atoms with Crippen molar-refractivity contribution in [1.29, 1.82) is 0 Å². The van der Waals surface area contributed by atoms with Crippen LogP contribution < -0.4 is 10.6 Å². The van der Waals surface area contributed by atoms with Gasteiger partial charge in [0.15, 0.2) is 0 Å². The van der Waals surface area contributed by atoms with Crippen molar-refractivity contribution in [2.75, 3.05) is 11.9 Å². The van der Waals surface area contributed by atoms with Crippen molar-refractivity contribution in [2.24, 2.45) is 0 Å². The maximum absolute atomic E-state index is 12.5. The molecule has 0 radical (unpaired) electrons. The fourth-order valence-corrected chi connectivity index (χ4v) is 3.40. The molecule has 9 heteroatoms. The van der Waals surface area contributed by atoms with E-state index in [1.165, 1.54) is 6.08 Å². The van der Waals surface area contributed by atoms with Crippen LogP contribution in [0.4, 0.5) is 10.5 Å². The summed E-state index contributed by atoms with van der Waals surface area (Å²) in [7, 11) is 0. The Morgan fingerprint density at radius 2 is 1.71 bits per heavy atom. The van der Waals surface area contributed by atoms with Gasteiger partial charge in [0, 0.05) is 28.4 Å². The number of aromatic nitrogens is 1. The van der Waals surface area contributed by atoms with E-state index in [1.54, 1.807) is 22.9 Å². The van der Waals surface area contributed by atoms with Crippen LogP contribution >= 0.6 is 0 Å². The average Bonchev–Trinajstić information content (AvgIpc) is 3.21. The van der Waals surface area contributed by atoms with Gasteiger partial charge >= 0.3 is 12.0 Å². The zero-order valence-electron chi connectivity index (χ0n) is 16.2. The number of imide groups is 1. The van der Waals surface area contributed by atoms with Gasteiger partial charge in [-0.3, -0.25) is 14.4 Å². The van der Waals surface area contributed by atoms with Gasteiger partial charge in [0.25, 0.3) is 5.91 Å². The molecule has 2 heterocycles. The molecule has 0 spiro atoms. The lowest BCUT2D eigenvalue weighted by molar-refractivity contribution is -0.140. The first kappa shape index (κ1) is 19.9. The summed E-state index contributed by atoms with van der Waals surface area (Å²) in [5, 5.41) is 14.9. The monoisotopic (exact) mass is 418 g/mol. The highest BCUT2D eigenvalue weighted by Gasteiger charge is 2.35. The first-order valence-corrected chi connectivity index (χ1v) is 9.41. The number of carboxylic acids is 1. The van der Waals surface area contributed by atoms with Crippen LogP contribution in [-0.4, -0.2) is 44.9 Å². The van der Waals surface area contributed by atoms with Crippen LogP contribution in [0.2, 0.25) is 0 Å². The molecule has 1 aromatic heterocycles. The number of hydrogen-bond acceptors (Lipinski definition) is 4. The predicted molar refractivity (Wildman–Crippen MR) is 113 cm³/mol. The number of anilines is 1. The largest absolute Gasteiger partial charge is 0.480 e. The Hall–Kier alpha value is -4.40. The molecule has 0 unspecified atom stereocenters. The third-order valence-electron chi connectivity index (χ3n) is 4.75. The van der Waals surface area contributed by atoms with Gasteiger partial charge in [-0.1, -0.05) is 36.4 Å². The van der Waals surface area contributed by atoms with Crippen molar-refractivity contribution in [3.05, 3.63) is 72.1 Å². The van der Waals surface area contributed by atoms with Crippen molar-refractivity contribution in [3.8, 4) is 0 Å². The molecular formula is C22H18N4O5. The highest BCUT2D eigenvalue weighted by molar-refractivity contribution is 6.15. The number of rotatable bonds is 6. The minimum atomic E-state index is -1.29. The molecule has 31 heavy (non-hydrogen) atoms. The predicted octanol–water partition coefficient (Wildman–Crippen LogP) is 2.26. The van der Waals surface area contributed by atoms with Crippen LogP contribution in [0.3, 0.4) is 0 Å². The zero-order chi connectivity index (χ0) is 22.0. The van der Waals surface area contributed by atoms with E-state index >= 15 is 0 Å². The van der Waals surface area contributed by atoms with Crippen LogP contribution in [0.1, 0.15) is 5.56 Å². The molecule has 0 bridgehead atoms. The number of nitrogens with one attached hydrogen (secondary N) is 2. The Balaban J connectivity index is 1.62. The summed E-state index contributed by atoms with van der Waals surface area (Å²) in [6.45, 7) is -0.673. The Morgan fingerprint density at radius 3 is 2.45 bits per heavy atom. The summed E-state index contributed by atoms with van der Waals surface area (Å²) >= 11 is 0.